The van der Waals surface area contributed by atoms with Crippen molar-refractivity contribution in [1.82, 2.24) is 20.3 Å². The van der Waals surface area contributed by atoms with Crippen LogP contribution in [0.1, 0.15) is 34.1 Å². The van der Waals surface area contributed by atoms with E-state index in [1.54, 1.807) is 0 Å². The zero-order valence-electron chi connectivity index (χ0n) is 14.5. The summed E-state index contributed by atoms with van der Waals surface area (Å²) in [5, 5.41) is 8.93. The monoisotopic (exact) mass is 347 g/mol. The number of hydrogen-bond acceptors (Lipinski definition) is 4. The maximum Gasteiger partial charge on any atom is 0.242 e. The molecule has 0 radical (unpaired) electrons. The third-order valence-corrected chi connectivity index (χ3v) is 5.05. The molecule has 134 valence electrons. The molecule has 0 aromatic rings. The molecular weight excluding hydrogens is 318 g/mol. The van der Waals surface area contributed by atoms with Gasteiger partial charge >= 0.3 is 0 Å². The number of carbonyl (C=O) groups excluding carboxylic acids is 1. The lowest BCUT2D eigenvalue weighted by Crippen LogP contribution is -2.44. The number of nitrogens with one attached hydrogen (secondary N) is 3. The van der Waals surface area contributed by atoms with Crippen LogP contribution in [0.3, 0.4) is 0 Å². The smallest absolute Gasteiger partial charge is 0.242 e. The van der Waals surface area contributed by atoms with Crippen molar-refractivity contribution in [3.8, 4) is 0 Å². The Kier molecular flexibility index (Phi) is 7.27. The summed E-state index contributed by atoms with van der Waals surface area (Å²) in [6, 6.07) is 0. The molecule has 1 amide bonds. The van der Waals surface area contributed by atoms with Gasteiger partial charge in [-0.25, -0.2) is 17.7 Å². The molecule has 1 aliphatic heterocycles. The Morgan fingerprint density at radius 3 is 2.48 bits per heavy atom. The van der Waals surface area contributed by atoms with Crippen molar-refractivity contribution in [3.63, 3.8) is 0 Å². The van der Waals surface area contributed by atoms with Gasteiger partial charge in [0, 0.05) is 31.7 Å². The molecule has 9 heteroatoms. The van der Waals surface area contributed by atoms with Crippen molar-refractivity contribution >= 4 is 21.9 Å². The first kappa shape index (κ1) is 19.7. The van der Waals surface area contributed by atoms with Gasteiger partial charge in [0.2, 0.25) is 15.9 Å². The number of rotatable bonds is 6. The Morgan fingerprint density at radius 1 is 1.26 bits per heavy atom. The van der Waals surface area contributed by atoms with Crippen molar-refractivity contribution in [2.75, 3.05) is 38.5 Å². The molecule has 0 spiro atoms. The highest BCUT2D eigenvalue weighted by atomic mass is 32.2. The zero-order chi connectivity index (χ0) is 17.5. The highest BCUT2D eigenvalue weighted by Crippen LogP contribution is 2.11. The summed E-state index contributed by atoms with van der Waals surface area (Å²) < 4.78 is 24.9. The first-order valence-corrected chi connectivity index (χ1v) is 9.56. The van der Waals surface area contributed by atoms with Crippen LogP contribution in [0.15, 0.2) is 4.99 Å². The predicted octanol–water partition coefficient (Wildman–Crippen LogP) is -0.508. The summed E-state index contributed by atoms with van der Waals surface area (Å²) in [4.78, 5) is 16.0. The average Bonchev–Trinajstić information content (AvgIpc) is 2.73. The lowest BCUT2D eigenvalue weighted by atomic mass is 10.1. The van der Waals surface area contributed by atoms with Gasteiger partial charge in [-0.3, -0.25) is 4.79 Å². The standard InChI is InChI=1S/C14H29N5O3S/c1-5-15-13(17-11-12(20)18-14(2,3)4)16-7-9-19-8-6-10-23(19,21)22/h5-11H2,1-4H3,(H,18,20)(H2,15,16,17). The van der Waals surface area contributed by atoms with E-state index >= 15 is 0 Å². The Bertz CT molecular complexity index is 525. The van der Waals surface area contributed by atoms with Gasteiger partial charge in [0.25, 0.3) is 0 Å². The summed E-state index contributed by atoms with van der Waals surface area (Å²) in [5.41, 5.74) is -0.289. The van der Waals surface area contributed by atoms with Gasteiger partial charge in [-0.05, 0) is 34.1 Å². The Hall–Kier alpha value is -1.35. The third-order valence-electron chi connectivity index (χ3n) is 3.10. The van der Waals surface area contributed by atoms with Crippen LogP contribution in [0, 0.1) is 0 Å². The second kappa shape index (κ2) is 8.49. The molecule has 0 aromatic carbocycles. The van der Waals surface area contributed by atoms with Crippen molar-refractivity contribution in [2.45, 2.75) is 39.7 Å². The average molecular weight is 347 g/mol. The molecule has 1 aliphatic rings. The maximum atomic E-state index is 11.8. The molecule has 0 bridgehead atoms. The number of carbonyl (C=O) groups is 1. The van der Waals surface area contributed by atoms with Crippen molar-refractivity contribution in [1.29, 1.82) is 0 Å². The topological polar surface area (TPSA) is 103 Å². The van der Waals surface area contributed by atoms with Crippen LogP contribution in [0.25, 0.3) is 0 Å². The summed E-state index contributed by atoms with van der Waals surface area (Å²) in [6.07, 6.45) is 0.684. The van der Waals surface area contributed by atoms with E-state index in [4.69, 9.17) is 0 Å². The molecule has 0 atom stereocenters. The summed E-state index contributed by atoms with van der Waals surface area (Å²) in [5.74, 6) is 0.582. The molecule has 0 saturated carbocycles. The van der Waals surface area contributed by atoms with Crippen LogP contribution in [0.2, 0.25) is 0 Å². The lowest BCUT2D eigenvalue weighted by Gasteiger charge is -2.20. The van der Waals surface area contributed by atoms with Gasteiger partial charge in [-0.15, -0.1) is 0 Å². The van der Waals surface area contributed by atoms with Gasteiger partial charge in [-0.1, -0.05) is 0 Å². The SMILES string of the molecule is CCNC(=NCC(=O)NC(C)(C)C)NCCN1CCCS1(=O)=O. The fourth-order valence-corrected chi connectivity index (χ4v) is 3.72. The van der Waals surface area contributed by atoms with Crippen LogP contribution < -0.4 is 16.0 Å². The lowest BCUT2D eigenvalue weighted by molar-refractivity contribution is -0.121. The molecule has 8 nitrogen and oxygen atoms in total. The highest BCUT2D eigenvalue weighted by molar-refractivity contribution is 7.89. The minimum absolute atomic E-state index is 0.0224. The van der Waals surface area contributed by atoms with Crippen LogP contribution in [-0.2, 0) is 14.8 Å². The number of hydrogen-bond donors (Lipinski definition) is 3. The Balaban J connectivity index is 2.45. The van der Waals surface area contributed by atoms with E-state index in [1.807, 2.05) is 27.7 Å². The Morgan fingerprint density at radius 2 is 1.96 bits per heavy atom. The number of guanidine groups is 1. The van der Waals surface area contributed by atoms with Gasteiger partial charge < -0.3 is 16.0 Å². The normalized spacial score (nSPS) is 18.7. The second-order valence-electron chi connectivity index (χ2n) is 6.49. The quantitative estimate of drug-likeness (QED) is 0.444. The van der Waals surface area contributed by atoms with E-state index < -0.39 is 10.0 Å². The summed E-state index contributed by atoms with van der Waals surface area (Å²) in [7, 11) is -3.07. The van der Waals surface area contributed by atoms with Gasteiger partial charge in [0.15, 0.2) is 5.96 Å². The number of aliphatic imine (C=N–C) groups is 1. The molecule has 3 N–H and O–H groups in total. The van der Waals surface area contributed by atoms with E-state index in [9.17, 15) is 13.2 Å². The molecule has 1 fully saturated rings. The Labute approximate surface area is 139 Å². The zero-order valence-corrected chi connectivity index (χ0v) is 15.3. The van der Waals surface area contributed by atoms with E-state index in [2.05, 4.69) is 20.9 Å². The highest BCUT2D eigenvalue weighted by Gasteiger charge is 2.27. The van der Waals surface area contributed by atoms with E-state index in [0.29, 0.717) is 38.6 Å². The second-order valence-corrected chi connectivity index (χ2v) is 8.58. The van der Waals surface area contributed by atoms with Crippen LogP contribution in [0.5, 0.6) is 0 Å². The summed E-state index contributed by atoms with van der Waals surface area (Å²) >= 11 is 0. The third kappa shape index (κ3) is 7.65. The first-order chi connectivity index (χ1) is 10.6. The minimum atomic E-state index is -3.07. The van der Waals surface area contributed by atoms with Crippen LogP contribution in [-0.4, -0.2) is 68.6 Å². The van der Waals surface area contributed by atoms with Crippen LogP contribution >= 0.6 is 0 Å². The molecule has 0 aliphatic carbocycles. The molecule has 1 saturated heterocycles. The van der Waals surface area contributed by atoms with Crippen LogP contribution in [0.4, 0.5) is 0 Å². The fraction of sp³-hybridized carbons (Fsp3) is 0.857. The van der Waals surface area contributed by atoms with Gasteiger partial charge in [0.1, 0.15) is 6.54 Å². The molecule has 0 aromatic heterocycles. The first-order valence-electron chi connectivity index (χ1n) is 7.95. The summed E-state index contributed by atoms with van der Waals surface area (Å²) in [6.45, 7) is 9.77. The number of amides is 1. The van der Waals surface area contributed by atoms with Gasteiger partial charge in [-0.2, -0.15) is 0 Å². The van der Waals surface area contributed by atoms with Crippen molar-refractivity contribution < 1.29 is 13.2 Å². The predicted molar refractivity (Wildman–Crippen MR) is 91.9 cm³/mol. The number of nitrogens with zero attached hydrogens (tertiary/aromatic N) is 2. The van der Waals surface area contributed by atoms with E-state index in [1.165, 1.54) is 4.31 Å². The van der Waals surface area contributed by atoms with Gasteiger partial charge in [0.05, 0.1) is 5.75 Å². The molecule has 23 heavy (non-hydrogen) atoms. The molecule has 1 heterocycles. The molecular formula is C14H29N5O3S. The van der Waals surface area contributed by atoms with Crippen molar-refractivity contribution in [2.24, 2.45) is 4.99 Å². The minimum Gasteiger partial charge on any atom is -0.357 e. The van der Waals surface area contributed by atoms with Crippen molar-refractivity contribution in [3.05, 3.63) is 0 Å². The maximum absolute atomic E-state index is 11.8. The van der Waals surface area contributed by atoms with E-state index in [0.717, 1.165) is 0 Å². The largest absolute Gasteiger partial charge is 0.357 e. The molecule has 0 unspecified atom stereocenters. The van der Waals surface area contributed by atoms with E-state index in [-0.39, 0.29) is 23.7 Å². The molecule has 1 rings (SSSR count). The number of sulfonamides is 1. The fourth-order valence-electron chi connectivity index (χ4n) is 2.19.